The van der Waals surface area contributed by atoms with Crippen LogP contribution in [0.4, 0.5) is 0 Å². The molecule has 2 atom stereocenters. The highest BCUT2D eigenvalue weighted by molar-refractivity contribution is 4.93. The zero-order valence-corrected chi connectivity index (χ0v) is 7.15. The standard InChI is InChI=1S/C8H18N2/c1-6(9)7-4-5-8(2,3)10-7/h6-7,10H,4-5,9H2,1-3H3. The van der Waals surface area contributed by atoms with Gasteiger partial charge in [-0.2, -0.15) is 0 Å². The third kappa shape index (κ3) is 1.70. The average molecular weight is 142 g/mol. The van der Waals surface area contributed by atoms with Gasteiger partial charge in [-0.1, -0.05) is 0 Å². The number of rotatable bonds is 1. The Morgan fingerprint density at radius 2 is 2.20 bits per heavy atom. The van der Waals surface area contributed by atoms with E-state index in [0.29, 0.717) is 17.6 Å². The van der Waals surface area contributed by atoms with Gasteiger partial charge in [-0.05, 0) is 33.6 Å². The molecule has 3 N–H and O–H groups in total. The highest BCUT2D eigenvalue weighted by Gasteiger charge is 2.31. The Morgan fingerprint density at radius 1 is 1.60 bits per heavy atom. The van der Waals surface area contributed by atoms with Gasteiger partial charge in [-0.3, -0.25) is 0 Å². The fourth-order valence-electron chi connectivity index (χ4n) is 1.56. The van der Waals surface area contributed by atoms with Gasteiger partial charge in [0, 0.05) is 17.6 Å². The van der Waals surface area contributed by atoms with Crippen molar-refractivity contribution in [2.45, 2.75) is 51.2 Å². The molecule has 0 spiro atoms. The molecule has 0 aromatic carbocycles. The first kappa shape index (κ1) is 8.02. The van der Waals surface area contributed by atoms with Crippen LogP contribution in [0.15, 0.2) is 0 Å². The van der Waals surface area contributed by atoms with Crippen LogP contribution in [0.1, 0.15) is 33.6 Å². The Hall–Kier alpha value is -0.0800. The molecule has 0 aliphatic carbocycles. The molecule has 2 heteroatoms. The smallest absolute Gasteiger partial charge is 0.0221 e. The number of hydrogen-bond donors (Lipinski definition) is 2. The monoisotopic (exact) mass is 142 g/mol. The van der Waals surface area contributed by atoms with E-state index in [-0.39, 0.29) is 0 Å². The quantitative estimate of drug-likeness (QED) is 0.570. The van der Waals surface area contributed by atoms with Crippen LogP contribution < -0.4 is 11.1 Å². The predicted octanol–water partition coefficient (Wildman–Crippen LogP) is 0.864. The summed E-state index contributed by atoms with van der Waals surface area (Å²) in [5.74, 6) is 0. The minimum absolute atomic E-state index is 0.293. The Balaban J connectivity index is 2.43. The van der Waals surface area contributed by atoms with Crippen molar-refractivity contribution >= 4 is 0 Å². The molecule has 2 unspecified atom stereocenters. The summed E-state index contributed by atoms with van der Waals surface area (Å²) in [6.07, 6.45) is 2.48. The lowest BCUT2D eigenvalue weighted by Gasteiger charge is -2.21. The van der Waals surface area contributed by atoms with Crippen molar-refractivity contribution in [3.05, 3.63) is 0 Å². The summed E-state index contributed by atoms with van der Waals surface area (Å²) in [5, 5.41) is 3.50. The molecule has 0 radical (unpaired) electrons. The molecular weight excluding hydrogens is 124 g/mol. The Bertz CT molecular complexity index is 118. The lowest BCUT2D eigenvalue weighted by Crippen LogP contribution is -2.45. The molecular formula is C8H18N2. The van der Waals surface area contributed by atoms with Gasteiger partial charge in [0.2, 0.25) is 0 Å². The van der Waals surface area contributed by atoms with Crippen LogP contribution in [0, 0.1) is 0 Å². The van der Waals surface area contributed by atoms with Crippen molar-refractivity contribution in [2.75, 3.05) is 0 Å². The number of hydrogen-bond acceptors (Lipinski definition) is 2. The molecule has 1 aliphatic rings. The molecule has 1 saturated heterocycles. The second kappa shape index (κ2) is 2.51. The van der Waals surface area contributed by atoms with Crippen LogP contribution in [0.5, 0.6) is 0 Å². The summed E-state index contributed by atoms with van der Waals surface area (Å²) >= 11 is 0. The van der Waals surface area contributed by atoms with E-state index in [9.17, 15) is 0 Å². The van der Waals surface area contributed by atoms with Gasteiger partial charge < -0.3 is 11.1 Å². The first-order valence-corrected chi connectivity index (χ1v) is 4.04. The molecule has 1 heterocycles. The maximum absolute atomic E-state index is 5.76. The SMILES string of the molecule is CC(N)C1CCC(C)(C)N1. The lowest BCUT2D eigenvalue weighted by molar-refractivity contribution is 0.405. The molecule has 1 fully saturated rings. The normalized spacial score (nSPS) is 34.2. The van der Waals surface area contributed by atoms with Gasteiger partial charge in [0.05, 0.1) is 0 Å². The zero-order valence-electron chi connectivity index (χ0n) is 7.15. The predicted molar refractivity (Wildman–Crippen MR) is 43.9 cm³/mol. The third-order valence-electron chi connectivity index (χ3n) is 2.29. The molecule has 60 valence electrons. The van der Waals surface area contributed by atoms with Gasteiger partial charge in [-0.15, -0.1) is 0 Å². The van der Waals surface area contributed by atoms with E-state index in [4.69, 9.17) is 5.73 Å². The first-order chi connectivity index (χ1) is 4.51. The van der Waals surface area contributed by atoms with Crippen molar-refractivity contribution in [3.8, 4) is 0 Å². The van der Waals surface area contributed by atoms with Crippen molar-refractivity contribution in [1.29, 1.82) is 0 Å². The molecule has 2 nitrogen and oxygen atoms in total. The van der Waals surface area contributed by atoms with Crippen LogP contribution in [-0.4, -0.2) is 17.6 Å². The highest BCUT2D eigenvalue weighted by atomic mass is 15.0. The third-order valence-corrected chi connectivity index (χ3v) is 2.29. The molecule has 10 heavy (non-hydrogen) atoms. The fourth-order valence-corrected chi connectivity index (χ4v) is 1.56. The summed E-state index contributed by atoms with van der Waals surface area (Å²) in [6, 6.07) is 0.830. The second-order valence-corrected chi connectivity index (χ2v) is 4.03. The second-order valence-electron chi connectivity index (χ2n) is 4.03. The van der Waals surface area contributed by atoms with E-state index >= 15 is 0 Å². The van der Waals surface area contributed by atoms with Crippen molar-refractivity contribution < 1.29 is 0 Å². The van der Waals surface area contributed by atoms with Crippen LogP contribution in [0.2, 0.25) is 0 Å². The summed E-state index contributed by atoms with van der Waals surface area (Å²) in [4.78, 5) is 0. The Morgan fingerprint density at radius 3 is 2.40 bits per heavy atom. The number of nitrogens with two attached hydrogens (primary N) is 1. The highest BCUT2D eigenvalue weighted by Crippen LogP contribution is 2.22. The van der Waals surface area contributed by atoms with Crippen molar-refractivity contribution in [3.63, 3.8) is 0 Å². The Labute approximate surface area is 63.2 Å². The molecule has 0 amide bonds. The maximum Gasteiger partial charge on any atom is 0.0221 e. The molecule has 1 rings (SSSR count). The largest absolute Gasteiger partial charge is 0.327 e. The van der Waals surface area contributed by atoms with E-state index in [2.05, 4.69) is 26.1 Å². The van der Waals surface area contributed by atoms with Crippen molar-refractivity contribution in [2.24, 2.45) is 5.73 Å². The first-order valence-electron chi connectivity index (χ1n) is 4.04. The summed E-state index contributed by atoms with van der Waals surface area (Å²) in [5.41, 5.74) is 6.07. The van der Waals surface area contributed by atoms with Gasteiger partial charge >= 0.3 is 0 Å². The molecule has 0 aromatic heterocycles. The summed E-state index contributed by atoms with van der Waals surface area (Å²) in [6.45, 7) is 6.53. The van der Waals surface area contributed by atoms with E-state index in [1.54, 1.807) is 0 Å². The van der Waals surface area contributed by atoms with E-state index in [0.717, 1.165) is 0 Å². The zero-order chi connectivity index (χ0) is 7.78. The summed E-state index contributed by atoms with van der Waals surface area (Å²) < 4.78 is 0. The average Bonchev–Trinajstić information content (AvgIpc) is 2.10. The van der Waals surface area contributed by atoms with Crippen LogP contribution >= 0.6 is 0 Å². The van der Waals surface area contributed by atoms with E-state index < -0.39 is 0 Å². The van der Waals surface area contributed by atoms with Gasteiger partial charge in [0.1, 0.15) is 0 Å². The van der Waals surface area contributed by atoms with Gasteiger partial charge in [0.15, 0.2) is 0 Å². The minimum atomic E-state index is 0.293. The number of nitrogens with one attached hydrogen (secondary N) is 1. The van der Waals surface area contributed by atoms with Crippen LogP contribution in [-0.2, 0) is 0 Å². The maximum atomic E-state index is 5.76. The lowest BCUT2D eigenvalue weighted by atomic mass is 10.0. The topological polar surface area (TPSA) is 38.0 Å². The minimum Gasteiger partial charge on any atom is -0.327 e. The molecule has 1 aliphatic heterocycles. The van der Waals surface area contributed by atoms with Gasteiger partial charge in [-0.25, -0.2) is 0 Å². The van der Waals surface area contributed by atoms with Gasteiger partial charge in [0.25, 0.3) is 0 Å². The molecule has 0 saturated carbocycles. The fraction of sp³-hybridized carbons (Fsp3) is 1.00. The summed E-state index contributed by atoms with van der Waals surface area (Å²) in [7, 11) is 0. The Kier molecular flexibility index (Phi) is 2.02. The van der Waals surface area contributed by atoms with Crippen LogP contribution in [0.3, 0.4) is 0 Å². The molecule has 0 bridgehead atoms. The van der Waals surface area contributed by atoms with E-state index in [1.165, 1.54) is 12.8 Å². The molecule has 0 aromatic rings. The van der Waals surface area contributed by atoms with Crippen LogP contribution in [0.25, 0.3) is 0 Å². The van der Waals surface area contributed by atoms with E-state index in [1.807, 2.05) is 0 Å². The van der Waals surface area contributed by atoms with Crippen molar-refractivity contribution in [1.82, 2.24) is 5.32 Å².